The first-order valence-electron chi connectivity index (χ1n) is 29.4. The molecule has 0 N–H and O–H groups in total. The average Bonchev–Trinajstić information content (AvgIpc) is 0.877. The number of thiol groups is 2. The number of hydrogen-bond acceptors (Lipinski definition) is 9. The molecule has 0 saturated carbocycles. The summed E-state index contributed by atoms with van der Waals surface area (Å²) in [6.45, 7) is 18.5. The van der Waals surface area contributed by atoms with Crippen molar-refractivity contribution in [1.82, 2.24) is 0 Å². The minimum absolute atomic E-state index is 0. The molecule has 0 heterocycles. The monoisotopic (exact) mass is 1570 g/mol. The van der Waals surface area contributed by atoms with Crippen molar-refractivity contribution in [3.05, 3.63) is 216 Å². The van der Waals surface area contributed by atoms with Gasteiger partial charge in [0, 0.05) is 137 Å². The molecule has 6 rings (SSSR count). The van der Waals surface area contributed by atoms with Crippen molar-refractivity contribution in [3.63, 3.8) is 0 Å². The standard InChI is InChI=1S/C24H22S2.C24H6.C18H18S.C18H2.C6H6S2.C6H2.2S2.H2S.18H2/c1-3-19-8-12-21(13-9-19)17-25-23-6-5-7-24(16-23)26-18-22-14-10-20(4-2)11-15-22;1-3-5-7-9-11-13-15-17-19-21-23-24-22-20-18-16-14-12-10-8-6-4-2;1-3-15-5-9-17(10-6-15)13-19-14-18-11-7-16(4-2)8-12-18;1-3-5-7-9-11-13-15-17-18-16-14-12-10-8-6-4-2;7-5-2-1-3-6(8)4-5;1-3-5-6-4-2;2*1-2;;;;;;;;;;;;;;;;;;;/h3-16H,1-2,17-18H2;1-2H3;3-12H,1-2,13-14H2;1-2H;1-4,7-8H;1-2H;;;1H2;18*1H. The molecule has 0 radical (unpaired) electrons. The molecule has 0 aliphatic carbocycles. The molecule has 0 fully saturated rings. The first-order chi connectivity index (χ1) is 51.6. The minimum Gasteiger partial charge on any atom is -0.197 e. The van der Waals surface area contributed by atoms with Crippen LogP contribution < -0.4 is 0 Å². The zero-order valence-electron chi connectivity index (χ0n) is 57.4. The number of rotatable bonds is 14. The maximum atomic E-state index is 4.88. The molecule has 106 heavy (non-hydrogen) atoms. The molecule has 0 spiro atoms. The molecule has 6 aromatic rings. The SMILES string of the molecule is C#CC#CC#C.C#CC#CC#CC#CC#CC#CC#CC#CC#C.C=Cc1ccc(CSCc2ccc(C=C)cc2)cc1.C=Cc1ccc(CSc2cccc(SCc3ccc(C=C)cc3)c2)cc1.CC#CC#CC#CC#CC#CC#CC#CC#CC#CC#CC#CC.S.S=S.S=S.Sc1cccc(S)c1.[HH].[HH].[HH].[HH].[HH].[HH].[HH].[HH].[HH].[HH].[HH].[HH].[HH].[HH].[HH].[HH].[HH].[HH]. The van der Waals surface area contributed by atoms with Crippen molar-refractivity contribution >= 4 is 143 Å². The zero-order chi connectivity index (χ0) is 77.4. The van der Waals surface area contributed by atoms with E-state index in [4.69, 9.17) is 25.7 Å². The second-order valence-electron chi connectivity index (χ2n) is 17.4. The highest BCUT2D eigenvalue weighted by molar-refractivity contribution is 8.07. The Morgan fingerprint density at radius 3 is 0.698 bits per heavy atom. The van der Waals surface area contributed by atoms with Crippen molar-refractivity contribution in [1.29, 1.82) is 0 Å². The van der Waals surface area contributed by atoms with E-state index in [1.807, 2.05) is 83.9 Å². The van der Waals surface area contributed by atoms with E-state index in [0.29, 0.717) is 0 Å². The second kappa shape index (κ2) is 76.3. The average molecular weight is 1570 g/mol. The summed E-state index contributed by atoms with van der Waals surface area (Å²) >= 11 is 28.6. The minimum atomic E-state index is 0. The van der Waals surface area contributed by atoms with Gasteiger partial charge in [0.25, 0.3) is 0 Å². The van der Waals surface area contributed by atoms with Gasteiger partial charge in [-0.05, 0) is 308 Å². The molecule has 10 heteroatoms. The molecule has 0 atom stereocenters. The van der Waals surface area contributed by atoms with Gasteiger partial charge in [-0.3, -0.25) is 0 Å². The Balaban J connectivity index is -0.0000000539. The van der Waals surface area contributed by atoms with Gasteiger partial charge in [-0.25, -0.2) is 0 Å². The van der Waals surface area contributed by atoms with Crippen LogP contribution in [-0.4, -0.2) is 0 Å². The van der Waals surface area contributed by atoms with E-state index in [-0.39, 0.29) is 39.2 Å². The summed E-state index contributed by atoms with van der Waals surface area (Å²) in [7, 11) is 0. The summed E-state index contributed by atoms with van der Waals surface area (Å²) in [4.78, 5) is 4.53. The molecule has 0 aromatic heterocycles. The first-order valence-corrected chi connectivity index (χ1v) is 36.1. The van der Waals surface area contributed by atoms with Crippen molar-refractivity contribution in [2.75, 3.05) is 0 Å². The van der Waals surface area contributed by atoms with E-state index in [0.717, 1.165) is 32.8 Å². The van der Waals surface area contributed by atoms with Crippen LogP contribution >= 0.6 is 74.0 Å². The lowest BCUT2D eigenvalue weighted by Gasteiger charge is -2.06. The Labute approximate surface area is 710 Å². The molecule has 538 valence electrons. The first kappa shape index (κ1) is 97.3. The highest BCUT2D eigenvalue weighted by Gasteiger charge is 2.02. The third-order valence-electron chi connectivity index (χ3n) is 10.4. The van der Waals surface area contributed by atoms with E-state index in [2.05, 4.69) is 466 Å². The van der Waals surface area contributed by atoms with Crippen molar-refractivity contribution in [2.45, 2.75) is 56.4 Å². The Bertz CT molecular complexity index is 5160. The Kier molecular flexibility index (Phi) is 70.1. The lowest BCUT2D eigenvalue weighted by atomic mass is 10.1. The van der Waals surface area contributed by atoms with E-state index < -0.39 is 0 Å². The fourth-order valence-corrected chi connectivity index (χ4v) is 9.38. The largest absolute Gasteiger partial charge is 0.197 e. The van der Waals surface area contributed by atoms with Crippen LogP contribution in [0.5, 0.6) is 0 Å². The number of hydrogen-bond donors (Lipinski definition) is 2. The third-order valence-corrected chi connectivity index (χ3v) is 14.2. The predicted octanol–water partition coefficient (Wildman–Crippen LogP) is 21.4. The van der Waals surface area contributed by atoms with E-state index in [9.17, 15) is 0 Å². The topological polar surface area (TPSA) is 0 Å². The van der Waals surface area contributed by atoms with Gasteiger partial charge in [-0.1, -0.05) is 172 Å². The Hall–Kier alpha value is -12.9. The van der Waals surface area contributed by atoms with Gasteiger partial charge >= 0.3 is 0 Å². The lowest BCUT2D eigenvalue weighted by Crippen LogP contribution is -1.84. The van der Waals surface area contributed by atoms with Crippen LogP contribution in [0.1, 0.15) is 84.0 Å². The van der Waals surface area contributed by atoms with Crippen LogP contribution in [0.3, 0.4) is 0 Å². The molecular weight excluding hydrogens is 1470 g/mol. The van der Waals surface area contributed by atoms with Gasteiger partial charge in [0.05, 0.1) is 0 Å². The fourth-order valence-electron chi connectivity index (χ4n) is 5.97. The van der Waals surface area contributed by atoms with E-state index in [1.165, 1.54) is 54.3 Å². The van der Waals surface area contributed by atoms with Gasteiger partial charge in [0.2, 0.25) is 0 Å². The molecule has 6 aromatic carbocycles. The highest BCUT2D eigenvalue weighted by Crippen LogP contribution is 2.30. The zero-order valence-corrected chi connectivity index (χ0v) is 65.9. The van der Waals surface area contributed by atoms with Crippen LogP contribution in [-0.2, 0) is 67.8 Å². The number of terminal acetylenes is 4. The molecule has 0 aliphatic heterocycles. The lowest BCUT2D eigenvalue weighted by molar-refractivity contribution is 1.30. The van der Waals surface area contributed by atoms with Crippen molar-refractivity contribution < 1.29 is 25.7 Å². The molecule has 0 aliphatic rings. The second-order valence-corrected chi connectivity index (χ2v) is 21.5. The van der Waals surface area contributed by atoms with E-state index in [1.54, 1.807) is 13.8 Å². The molecule has 0 nitrogen and oxygen atoms in total. The molecule has 0 saturated heterocycles. The van der Waals surface area contributed by atoms with Crippen molar-refractivity contribution in [2.24, 2.45) is 0 Å². The fraction of sp³-hybridized carbons (Fsp3) is 0.0625. The summed E-state index contributed by atoms with van der Waals surface area (Å²) in [6, 6.07) is 50.8. The molecule has 0 bridgehead atoms. The normalized spacial score (nSPS) is 6.83. The van der Waals surface area contributed by atoms with Crippen LogP contribution in [0.2, 0.25) is 0 Å². The Morgan fingerprint density at radius 1 is 0.302 bits per heavy atom. The molecule has 0 amide bonds. The molecular formula is C96H94S10. The maximum Gasteiger partial charge on any atom is 0.0232 e. The highest BCUT2D eigenvalue weighted by atomic mass is 32.8. The molecule has 0 unspecified atom stereocenters. The number of thioether (sulfide) groups is 3. The smallest absolute Gasteiger partial charge is 0.0232 e. The summed E-state index contributed by atoms with van der Waals surface area (Å²) in [6.07, 6.45) is 26.7. The van der Waals surface area contributed by atoms with Crippen LogP contribution in [0.25, 0.3) is 24.3 Å². The van der Waals surface area contributed by atoms with Gasteiger partial charge in [-0.2, -0.15) is 25.3 Å². The van der Waals surface area contributed by atoms with Crippen LogP contribution in [0.4, 0.5) is 0 Å². The number of benzene rings is 6. The Morgan fingerprint density at radius 2 is 0.500 bits per heavy atom. The summed E-state index contributed by atoms with van der Waals surface area (Å²) in [5.41, 5.74) is 10.1. The summed E-state index contributed by atoms with van der Waals surface area (Å²) in [5, 5.41) is 0. The maximum absolute atomic E-state index is 4.88. The predicted molar refractivity (Wildman–Crippen MR) is 520 cm³/mol. The summed E-state index contributed by atoms with van der Waals surface area (Å²) in [5.74, 6) is 106. The van der Waals surface area contributed by atoms with Gasteiger partial charge in [-0.15, -0.1) is 74.5 Å². The van der Waals surface area contributed by atoms with Gasteiger partial charge in [0.1, 0.15) is 0 Å². The van der Waals surface area contributed by atoms with Crippen LogP contribution in [0, 0.1) is 274 Å². The third kappa shape index (κ3) is 61.0. The summed E-state index contributed by atoms with van der Waals surface area (Å²) < 4.78 is 0. The van der Waals surface area contributed by atoms with Gasteiger partial charge < -0.3 is 0 Å². The quantitative estimate of drug-likeness (QED) is 0.0625. The van der Waals surface area contributed by atoms with E-state index >= 15 is 0 Å². The van der Waals surface area contributed by atoms with Crippen LogP contribution in [0.15, 0.2) is 191 Å². The van der Waals surface area contributed by atoms with Gasteiger partial charge in [0.15, 0.2) is 0 Å². The van der Waals surface area contributed by atoms with Crippen molar-refractivity contribution in [3.8, 4) is 274 Å².